The minimum atomic E-state index is -4.79. The quantitative estimate of drug-likeness (QED) is 0.308. The normalized spacial score (nSPS) is 11.3. The van der Waals surface area contributed by atoms with Gasteiger partial charge in [-0.2, -0.15) is 0 Å². The van der Waals surface area contributed by atoms with Crippen molar-refractivity contribution in [2.24, 2.45) is 0 Å². The van der Waals surface area contributed by atoms with Crippen molar-refractivity contribution in [3.63, 3.8) is 0 Å². The second kappa shape index (κ2) is 9.81. The summed E-state index contributed by atoms with van der Waals surface area (Å²) in [6.45, 7) is 7.50. The van der Waals surface area contributed by atoms with Crippen molar-refractivity contribution in [1.29, 1.82) is 0 Å². The van der Waals surface area contributed by atoms with E-state index in [4.69, 9.17) is 0 Å². The average molecular weight is 464 g/mol. The van der Waals surface area contributed by atoms with Crippen LogP contribution in [0.3, 0.4) is 0 Å². The summed E-state index contributed by atoms with van der Waals surface area (Å²) in [6.07, 6.45) is -3.27. The maximum atomic E-state index is 12.5. The summed E-state index contributed by atoms with van der Waals surface area (Å²) in [5.41, 5.74) is 2.53. The highest BCUT2D eigenvalue weighted by Crippen LogP contribution is 2.26. The largest absolute Gasteiger partial charge is 0.573 e. The highest BCUT2D eigenvalue weighted by atomic mass is 32.2. The number of alkyl halides is 3. The Morgan fingerprint density at radius 2 is 1.88 bits per heavy atom. The number of rotatable bonds is 8. The van der Waals surface area contributed by atoms with Gasteiger partial charge < -0.3 is 10.1 Å². The molecule has 32 heavy (non-hydrogen) atoms. The number of halogens is 3. The van der Waals surface area contributed by atoms with E-state index in [0.717, 1.165) is 23.5 Å². The molecule has 2 heterocycles. The molecule has 0 atom stereocenters. The molecule has 0 bridgehead atoms. The third-order valence-electron chi connectivity index (χ3n) is 4.00. The summed E-state index contributed by atoms with van der Waals surface area (Å²) in [5, 5.41) is 11.2. The number of hydrogen-bond acceptors (Lipinski definition) is 7. The van der Waals surface area contributed by atoms with Gasteiger partial charge >= 0.3 is 6.36 Å². The van der Waals surface area contributed by atoms with Crippen LogP contribution in [0, 0.1) is 13.8 Å². The summed E-state index contributed by atoms with van der Waals surface area (Å²) in [5.74, 6) is -0.580. The zero-order valence-electron chi connectivity index (χ0n) is 17.2. The predicted molar refractivity (Wildman–Crippen MR) is 112 cm³/mol. The van der Waals surface area contributed by atoms with Crippen molar-refractivity contribution in [2.45, 2.75) is 31.1 Å². The summed E-state index contributed by atoms with van der Waals surface area (Å²) in [6, 6.07) is 6.94. The number of nitrogens with one attached hydrogen (secondary N) is 1. The third kappa shape index (κ3) is 6.06. The Labute approximate surface area is 185 Å². The first kappa shape index (κ1) is 23.3. The Kier molecular flexibility index (Phi) is 7.13. The molecule has 0 spiro atoms. The number of aromatic nitrogens is 5. The van der Waals surface area contributed by atoms with Gasteiger partial charge in [-0.05, 0) is 44.2 Å². The SMILES string of the molecule is C=CCNC(=O)c1nnn(-c2ccc(OC(F)(F)F)cc2)c1CSc1nc(C)cc(C)n1. The Morgan fingerprint density at radius 3 is 2.47 bits per heavy atom. The zero-order valence-corrected chi connectivity index (χ0v) is 18.0. The summed E-state index contributed by atoms with van der Waals surface area (Å²) >= 11 is 1.29. The molecule has 3 aromatic rings. The Morgan fingerprint density at radius 1 is 1.22 bits per heavy atom. The average Bonchev–Trinajstić information content (AvgIpc) is 3.13. The van der Waals surface area contributed by atoms with Gasteiger partial charge in [0.25, 0.3) is 5.91 Å². The van der Waals surface area contributed by atoms with Gasteiger partial charge in [-0.15, -0.1) is 24.8 Å². The van der Waals surface area contributed by atoms with Crippen LogP contribution in [-0.4, -0.2) is 43.8 Å². The van der Waals surface area contributed by atoms with E-state index in [1.807, 2.05) is 19.9 Å². The van der Waals surface area contributed by atoms with Gasteiger partial charge in [0, 0.05) is 23.7 Å². The van der Waals surface area contributed by atoms with E-state index in [0.29, 0.717) is 16.5 Å². The number of carbonyl (C=O) groups is 1. The lowest BCUT2D eigenvalue weighted by atomic mass is 10.2. The fourth-order valence-corrected chi connectivity index (χ4v) is 3.69. The lowest BCUT2D eigenvalue weighted by Crippen LogP contribution is -2.25. The number of ether oxygens (including phenoxy) is 1. The lowest BCUT2D eigenvalue weighted by molar-refractivity contribution is -0.274. The van der Waals surface area contributed by atoms with Crippen LogP contribution >= 0.6 is 11.8 Å². The van der Waals surface area contributed by atoms with E-state index in [1.165, 1.54) is 34.7 Å². The fraction of sp³-hybridized carbons (Fsp3) is 0.250. The zero-order chi connectivity index (χ0) is 23.3. The molecule has 1 aromatic carbocycles. The van der Waals surface area contributed by atoms with Crippen LogP contribution < -0.4 is 10.1 Å². The Hall–Kier alpha value is -3.41. The van der Waals surface area contributed by atoms with E-state index in [-0.39, 0.29) is 23.7 Å². The molecule has 1 amide bonds. The highest BCUT2D eigenvalue weighted by molar-refractivity contribution is 7.98. The number of carbonyl (C=O) groups excluding carboxylic acids is 1. The molecule has 0 aliphatic heterocycles. The first-order valence-electron chi connectivity index (χ1n) is 9.31. The van der Waals surface area contributed by atoms with Gasteiger partial charge in [0.05, 0.1) is 11.4 Å². The summed E-state index contributed by atoms with van der Waals surface area (Å²) in [4.78, 5) is 21.3. The number of thioether (sulfide) groups is 1. The van der Waals surface area contributed by atoms with Gasteiger partial charge in [-0.25, -0.2) is 14.6 Å². The van der Waals surface area contributed by atoms with E-state index >= 15 is 0 Å². The molecule has 3 rings (SSSR count). The van der Waals surface area contributed by atoms with Gasteiger partial charge in [-0.3, -0.25) is 4.79 Å². The van der Waals surface area contributed by atoms with Gasteiger partial charge in [0.15, 0.2) is 10.9 Å². The van der Waals surface area contributed by atoms with Crippen molar-refractivity contribution < 1.29 is 22.7 Å². The molecule has 0 saturated carbocycles. The minimum Gasteiger partial charge on any atom is -0.406 e. The molecule has 0 saturated heterocycles. The van der Waals surface area contributed by atoms with Crippen LogP contribution in [0.25, 0.3) is 5.69 Å². The first-order valence-corrected chi connectivity index (χ1v) is 10.3. The second-order valence-corrected chi connectivity index (χ2v) is 7.50. The van der Waals surface area contributed by atoms with Gasteiger partial charge in [0.2, 0.25) is 0 Å². The van der Waals surface area contributed by atoms with Gasteiger partial charge in [-0.1, -0.05) is 23.1 Å². The molecule has 0 unspecified atom stereocenters. The number of nitrogens with zero attached hydrogens (tertiary/aromatic N) is 5. The molecule has 0 aliphatic rings. The smallest absolute Gasteiger partial charge is 0.406 e. The predicted octanol–water partition coefficient (Wildman–Crippen LogP) is 3.78. The highest BCUT2D eigenvalue weighted by Gasteiger charge is 2.31. The third-order valence-corrected chi connectivity index (χ3v) is 4.86. The molecule has 0 fully saturated rings. The molecule has 2 aromatic heterocycles. The van der Waals surface area contributed by atoms with E-state index in [9.17, 15) is 18.0 Å². The van der Waals surface area contributed by atoms with Crippen molar-refractivity contribution in [2.75, 3.05) is 6.54 Å². The van der Waals surface area contributed by atoms with Crippen LogP contribution in [0.5, 0.6) is 5.75 Å². The summed E-state index contributed by atoms with van der Waals surface area (Å²) < 4.78 is 42.6. The second-order valence-electron chi connectivity index (χ2n) is 6.56. The van der Waals surface area contributed by atoms with Crippen molar-refractivity contribution >= 4 is 17.7 Å². The Balaban J connectivity index is 1.92. The standard InChI is InChI=1S/C20H19F3N6O2S/c1-4-9-24-18(30)17-16(11-32-19-25-12(2)10-13(3)26-19)29(28-27-17)14-5-7-15(8-6-14)31-20(21,22)23/h4-8,10H,1,9,11H2,2-3H3,(H,24,30). The van der Waals surface area contributed by atoms with Crippen molar-refractivity contribution in [1.82, 2.24) is 30.3 Å². The maximum Gasteiger partial charge on any atom is 0.573 e. The van der Waals surface area contributed by atoms with Crippen molar-refractivity contribution in [3.8, 4) is 11.4 Å². The van der Waals surface area contributed by atoms with Crippen LogP contribution in [0.1, 0.15) is 27.6 Å². The minimum absolute atomic E-state index is 0.0827. The fourth-order valence-electron chi connectivity index (χ4n) is 2.74. The van der Waals surface area contributed by atoms with E-state index < -0.39 is 12.3 Å². The molecule has 168 valence electrons. The lowest BCUT2D eigenvalue weighted by Gasteiger charge is -2.11. The number of aryl methyl sites for hydroxylation is 2. The van der Waals surface area contributed by atoms with Crippen LogP contribution in [0.4, 0.5) is 13.2 Å². The maximum absolute atomic E-state index is 12.5. The van der Waals surface area contributed by atoms with Crippen molar-refractivity contribution in [3.05, 3.63) is 65.8 Å². The molecule has 0 radical (unpaired) electrons. The van der Waals surface area contributed by atoms with E-state index in [2.05, 4.69) is 36.9 Å². The molecule has 1 N–H and O–H groups in total. The number of amides is 1. The van der Waals surface area contributed by atoms with Gasteiger partial charge in [0.1, 0.15) is 5.75 Å². The van der Waals surface area contributed by atoms with Crippen LogP contribution in [-0.2, 0) is 5.75 Å². The number of hydrogen-bond donors (Lipinski definition) is 1. The molecular formula is C20H19F3N6O2S. The summed E-state index contributed by atoms with van der Waals surface area (Å²) in [7, 11) is 0. The number of benzene rings is 1. The molecular weight excluding hydrogens is 445 g/mol. The Bertz CT molecular complexity index is 1100. The van der Waals surface area contributed by atoms with Crippen LogP contribution in [0.15, 0.2) is 48.1 Å². The molecule has 8 nitrogen and oxygen atoms in total. The monoisotopic (exact) mass is 464 g/mol. The van der Waals surface area contributed by atoms with Crippen LogP contribution in [0.2, 0.25) is 0 Å². The first-order chi connectivity index (χ1) is 15.2. The van der Waals surface area contributed by atoms with E-state index in [1.54, 1.807) is 0 Å². The molecule has 12 heteroatoms. The molecule has 0 aliphatic carbocycles. The topological polar surface area (TPSA) is 94.8 Å².